The van der Waals surface area contributed by atoms with Crippen LogP contribution in [-0.2, 0) is 19.4 Å². The zero-order valence-corrected chi connectivity index (χ0v) is 12.6. The number of unbranched alkanes of at least 4 members (excludes halogenated alkanes) is 2. The topological polar surface area (TPSA) is 91.8 Å². The molecule has 0 spiro atoms. The van der Waals surface area contributed by atoms with Crippen LogP contribution < -0.4 is 0 Å². The fraction of sp³-hybridized carbons (Fsp3) is 0.833. The number of amides is 1. The van der Waals surface area contributed by atoms with Gasteiger partial charge in [0.25, 0.3) is 0 Å². The van der Waals surface area contributed by atoms with E-state index in [1.54, 1.807) is 0 Å². The Balaban J connectivity index is 4.31. The first-order valence-corrected chi connectivity index (χ1v) is 8.19. The zero-order valence-electron chi connectivity index (χ0n) is 11.8. The second-order valence-corrected chi connectivity index (χ2v) is 7.00. The van der Waals surface area contributed by atoms with Crippen LogP contribution in [0.5, 0.6) is 0 Å². The fourth-order valence-electron chi connectivity index (χ4n) is 1.53. The first kappa shape index (κ1) is 17.9. The molecule has 19 heavy (non-hydrogen) atoms. The van der Waals surface area contributed by atoms with E-state index in [4.69, 9.17) is 5.11 Å². The van der Waals surface area contributed by atoms with Gasteiger partial charge in [0.2, 0.25) is 5.91 Å². The number of carbonyl (C=O) groups excluding carboxylic acids is 1. The van der Waals surface area contributed by atoms with E-state index in [2.05, 4.69) is 0 Å². The van der Waals surface area contributed by atoms with Crippen LogP contribution in [0.15, 0.2) is 0 Å². The van der Waals surface area contributed by atoms with Gasteiger partial charge in [0, 0.05) is 13.6 Å². The van der Waals surface area contributed by atoms with E-state index >= 15 is 0 Å². The summed E-state index contributed by atoms with van der Waals surface area (Å²) in [6.07, 6.45) is 2.29. The van der Waals surface area contributed by atoms with Crippen LogP contribution in [0.2, 0.25) is 0 Å². The van der Waals surface area contributed by atoms with E-state index in [1.165, 1.54) is 14.0 Å². The van der Waals surface area contributed by atoms with Crippen molar-refractivity contribution in [2.75, 3.05) is 25.1 Å². The van der Waals surface area contributed by atoms with Gasteiger partial charge in [0.15, 0.2) is 9.84 Å². The summed E-state index contributed by atoms with van der Waals surface area (Å²) in [5.74, 6) is -2.80. The number of carboxylic acid groups (broad SMARTS) is 1. The molecule has 0 rings (SSSR count). The van der Waals surface area contributed by atoms with Gasteiger partial charge >= 0.3 is 5.97 Å². The molecule has 0 aromatic rings. The average molecular weight is 293 g/mol. The zero-order chi connectivity index (χ0) is 15.1. The van der Waals surface area contributed by atoms with Gasteiger partial charge in [0.1, 0.15) is 5.75 Å². The van der Waals surface area contributed by atoms with Gasteiger partial charge in [-0.25, -0.2) is 8.42 Å². The lowest BCUT2D eigenvalue weighted by Crippen LogP contribution is -2.37. The van der Waals surface area contributed by atoms with Crippen LogP contribution in [0.3, 0.4) is 0 Å². The molecule has 6 nitrogen and oxygen atoms in total. The molecule has 1 amide bonds. The maximum atomic E-state index is 11.7. The lowest BCUT2D eigenvalue weighted by atomic mass is 10.2. The van der Waals surface area contributed by atoms with E-state index < -0.39 is 33.4 Å². The Labute approximate surface area is 114 Å². The molecule has 0 radical (unpaired) electrons. The minimum Gasteiger partial charge on any atom is -0.481 e. The molecule has 1 atom stereocenters. The van der Waals surface area contributed by atoms with Gasteiger partial charge in [-0.05, 0) is 6.42 Å². The Kier molecular flexibility index (Phi) is 7.66. The van der Waals surface area contributed by atoms with Crippen LogP contribution in [0.1, 0.15) is 33.1 Å². The van der Waals surface area contributed by atoms with E-state index in [1.807, 2.05) is 6.92 Å². The van der Waals surface area contributed by atoms with Gasteiger partial charge in [-0.15, -0.1) is 0 Å². The Hall–Kier alpha value is -1.11. The lowest BCUT2D eigenvalue weighted by Gasteiger charge is -2.19. The molecule has 0 aliphatic rings. The lowest BCUT2D eigenvalue weighted by molar-refractivity contribution is -0.142. The Morgan fingerprint density at radius 2 is 1.84 bits per heavy atom. The molecule has 7 heteroatoms. The molecule has 0 aromatic heterocycles. The second-order valence-electron chi connectivity index (χ2n) is 4.81. The summed E-state index contributed by atoms with van der Waals surface area (Å²) >= 11 is 0. The maximum Gasteiger partial charge on any atom is 0.308 e. The molecule has 0 saturated carbocycles. The van der Waals surface area contributed by atoms with Gasteiger partial charge < -0.3 is 10.0 Å². The van der Waals surface area contributed by atoms with E-state index in [-0.39, 0.29) is 12.3 Å². The number of rotatable bonds is 9. The Bertz CT molecular complexity index is 404. The molecule has 1 unspecified atom stereocenters. The van der Waals surface area contributed by atoms with E-state index in [0.717, 1.165) is 17.7 Å². The largest absolute Gasteiger partial charge is 0.481 e. The smallest absolute Gasteiger partial charge is 0.308 e. The Morgan fingerprint density at radius 1 is 1.26 bits per heavy atom. The minimum absolute atomic E-state index is 0.00883. The fourth-order valence-corrected chi connectivity index (χ4v) is 2.92. The summed E-state index contributed by atoms with van der Waals surface area (Å²) in [5, 5.41) is 8.73. The molecule has 0 aliphatic carbocycles. The highest BCUT2D eigenvalue weighted by atomic mass is 32.2. The summed E-state index contributed by atoms with van der Waals surface area (Å²) in [5.41, 5.74) is 0. The minimum atomic E-state index is -3.39. The third-order valence-corrected chi connectivity index (χ3v) is 4.39. The quantitative estimate of drug-likeness (QED) is 0.634. The second kappa shape index (κ2) is 8.14. The maximum absolute atomic E-state index is 11.7. The average Bonchev–Trinajstić information content (AvgIpc) is 2.28. The molecule has 0 aromatic carbocycles. The van der Waals surface area contributed by atoms with Crippen molar-refractivity contribution < 1.29 is 23.1 Å². The first-order chi connectivity index (χ1) is 8.69. The van der Waals surface area contributed by atoms with Crippen molar-refractivity contribution in [2.24, 2.45) is 5.92 Å². The number of sulfone groups is 1. The predicted molar refractivity (Wildman–Crippen MR) is 72.6 cm³/mol. The molecular formula is C12H23NO5S. The number of carboxylic acids is 1. The van der Waals surface area contributed by atoms with Crippen molar-refractivity contribution >= 4 is 21.7 Å². The highest BCUT2D eigenvalue weighted by molar-refractivity contribution is 7.92. The number of hydrogen-bond acceptors (Lipinski definition) is 4. The van der Waals surface area contributed by atoms with Crippen LogP contribution in [0.4, 0.5) is 0 Å². The van der Waals surface area contributed by atoms with Crippen LogP contribution >= 0.6 is 0 Å². The SMILES string of the molecule is CCCCCS(=O)(=O)CC(=O)N(C)CC(C)C(=O)O. The molecule has 0 saturated heterocycles. The van der Waals surface area contributed by atoms with Crippen LogP contribution in [0.25, 0.3) is 0 Å². The van der Waals surface area contributed by atoms with Gasteiger partial charge in [-0.3, -0.25) is 9.59 Å². The highest BCUT2D eigenvalue weighted by Gasteiger charge is 2.22. The number of carbonyl (C=O) groups is 2. The van der Waals surface area contributed by atoms with Crippen molar-refractivity contribution in [2.45, 2.75) is 33.1 Å². The van der Waals surface area contributed by atoms with Crippen molar-refractivity contribution in [1.82, 2.24) is 4.90 Å². The normalized spacial score (nSPS) is 13.0. The highest BCUT2D eigenvalue weighted by Crippen LogP contribution is 2.04. The molecule has 112 valence electrons. The van der Waals surface area contributed by atoms with Gasteiger partial charge in [-0.1, -0.05) is 26.7 Å². The monoisotopic (exact) mass is 293 g/mol. The van der Waals surface area contributed by atoms with E-state index in [9.17, 15) is 18.0 Å². The molecular weight excluding hydrogens is 270 g/mol. The summed E-state index contributed by atoms with van der Waals surface area (Å²) in [6, 6.07) is 0. The molecule has 0 fully saturated rings. The summed E-state index contributed by atoms with van der Waals surface area (Å²) in [7, 11) is -1.97. The van der Waals surface area contributed by atoms with Crippen LogP contribution in [0, 0.1) is 5.92 Å². The van der Waals surface area contributed by atoms with Crippen molar-refractivity contribution in [3.8, 4) is 0 Å². The van der Waals surface area contributed by atoms with Crippen LogP contribution in [-0.4, -0.2) is 55.4 Å². The third kappa shape index (κ3) is 7.81. The number of hydrogen-bond donors (Lipinski definition) is 1. The Morgan fingerprint density at radius 3 is 2.32 bits per heavy atom. The van der Waals surface area contributed by atoms with Crippen molar-refractivity contribution in [3.05, 3.63) is 0 Å². The third-order valence-electron chi connectivity index (χ3n) is 2.80. The van der Waals surface area contributed by atoms with Gasteiger partial charge in [-0.2, -0.15) is 0 Å². The summed E-state index contributed by atoms with van der Waals surface area (Å²) in [6.45, 7) is 3.46. The first-order valence-electron chi connectivity index (χ1n) is 6.36. The molecule has 0 aliphatic heterocycles. The van der Waals surface area contributed by atoms with Crippen molar-refractivity contribution in [3.63, 3.8) is 0 Å². The predicted octanol–water partition coefficient (Wildman–Crippen LogP) is 0.770. The number of aliphatic carboxylic acids is 1. The molecule has 0 heterocycles. The number of nitrogens with zero attached hydrogens (tertiary/aromatic N) is 1. The standard InChI is InChI=1S/C12H23NO5S/c1-4-5-6-7-19(17,18)9-11(14)13(3)8-10(2)12(15)16/h10H,4-9H2,1-3H3,(H,15,16). The van der Waals surface area contributed by atoms with E-state index in [0.29, 0.717) is 6.42 Å². The molecule has 0 bridgehead atoms. The van der Waals surface area contributed by atoms with Gasteiger partial charge in [0.05, 0.1) is 11.7 Å². The molecule has 1 N–H and O–H groups in total. The van der Waals surface area contributed by atoms with Crippen molar-refractivity contribution in [1.29, 1.82) is 0 Å². The summed E-state index contributed by atoms with van der Waals surface area (Å²) < 4.78 is 23.4. The summed E-state index contributed by atoms with van der Waals surface area (Å²) in [4.78, 5) is 23.5.